The smallest absolute Gasteiger partial charge is 0.173 e. The number of aryl methyl sites for hydroxylation is 1. The van der Waals surface area contributed by atoms with Crippen LogP contribution in [0.1, 0.15) is 32.4 Å². The molecule has 5 heterocycles. The van der Waals surface area contributed by atoms with Gasteiger partial charge in [-0.1, -0.05) is 0 Å². The second kappa shape index (κ2) is 9.01. The van der Waals surface area contributed by atoms with Gasteiger partial charge < -0.3 is 24.7 Å². The lowest BCUT2D eigenvalue weighted by molar-refractivity contribution is 0.0952. The monoisotopic (exact) mass is 495 g/mol. The van der Waals surface area contributed by atoms with Crippen molar-refractivity contribution in [3.8, 4) is 0 Å². The highest BCUT2D eigenvalue weighted by Gasteiger charge is 2.26. The van der Waals surface area contributed by atoms with E-state index in [9.17, 15) is 4.39 Å². The molecule has 1 aromatic carbocycles. The lowest BCUT2D eigenvalue weighted by atomic mass is 10.1. The van der Waals surface area contributed by atoms with Crippen LogP contribution in [0.2, 0.25) is 0 Å². The minimum Gasteiger partial charge on any atom is -0.376 e. The van der Waals surface area contributed by atoms with E-state index in [4.69, 9.17) is 9.84 Å². The van der Waals surface area contributed by atoms with Gasteiger partial charge in [-0.15, -0.1) is 0 Å². The van der Waals surface area contributed by atoms with Gasteiger partial charge in [-0.3, -0.25) is 4.68 Å². The highest BCUT2D eigenvalue weighted by atomic mass is 19.1. The molecule has 2 aliphatic heterocycles. The number of imidazole rings is 1. The number of anilines is 3. The third-order valence-corrected chi connectivity index (χ3v) is 7.00. The van der Waals surface area contributed by atoms with Crippen LogP contribution in [0.15, 0.2) is 30.6 Å². The Balaban J connectivity index is 1.42. The molecule has 0 spiro atoms. The Hall–Kier alpha value is -3.24. The number of hydrogen-bond donors (Lipinski definition) is 2. The summed E-state index contributed by atoms with van der Waals surface area (Å²) in [5, 5.41) is 11.8. The van der Waals surface area contributed by atoms with Gasteiger partial charge in [-0.05, 0) is 45.7 Å². The molecule has 10 heteroatoms. The topological polar surface area (TPSA) is 71.7 Å². The summed E-state index contributed by atoms with van der Waals surface area (Å²) in [6.45, 7) is 8.94. The second-order valence-corrected chi connectivity index (χ2v) is 10.2. The van der Waals surface area contributed by atoms with E-state index in [1.54, 1.807) is 22.9 Å². The summed E-state index contributed by atoms with van der Waals surface area (Å²) in [6.07, 6.45) is 5.48. The molecule has 36 heavy (non-hydrogen) atoms. The molecule has 3 atom stereocenters. The predicted octanol–water partition coefficient (Wildman–Crippen LogP) is 4.38. The molecule has 2 aliphatic rings. The highest BCUT2D eigenvalue weighted by Crippen LogP contribution is 2.34. The lowest BCUT2D eigenvalue weighted by Crippen LogP contribution is -2.54. The summed E-state index contributed by atoms with van der Waals surface area (Å²) in [5.74, 6) is -0.465. The third-order valence-electron chi connectivity index (χ3n) is 7.00. The molecule has 0 radical (unpaired) electrons. The fourth-order valence-corrected chi connectivity index (χ4v) is 5.55. The van der Waals surface area contributed by atoms with Crippen LogP contribution in [0, 0.1) is 18.6 Å². The molecule has 6 rings (SSSR count). The average molecular weight is 496 g/mol. The summed E-state index contributed by atoms with van der Waals surface area (Å²) in [5.41, 5.74) is 2.97. The van der Waals surface area contributed by atoms with Crippen molar-refractivity contribution in [2.45, 2.75) is 58.3 Å². The minimum atomic E-state index is -0.458. The average Bonchev–Trinajstić information content (AvgIpc) is 3.53. The van der Waals surface area contributed by atoms with Crippen molar-refractivity contribution in [3.05, 3.63) is 47.9 Å². The van der Waals surface area contributed by atoms with Gasteiger partial charge in [0.15, 0.2) is 17.3 Å². The molecule has 2 saturated heterocycles. The van der Waals surface area contributed by atoms with Gasteiger partial charge in [-0.2, -0.15) is 5.10 Å². The van der Waals surface area contributed by atoms with Crippen molar-refractivity contribution in [2.75, 3.05) is 29.9 Å². The van der Waals surface area contributed by atoms with E-state index in [0.29, 0.717) is 46.7 Å². The molecule has 0 saturated carbocycles. The second-order valence-electron chi connectivity index (χ2n) is 10.2. The summed E-state index contributed by atoms with van der Waals surface area (Å²) >= 11 is 0. The molecule has 4 aromatic rings. The molecule has 2 fully saturated rings. The Kier molecular flexibility index (Phi) is 5.80. The van der Waals surface area contributed by atoms with Crippen LogP contribution in [0.5, 0.6) is 0 Å². The maximum Gasteiger partial charge on any atom is 0.173 e. The normalized spacial score (nSPS) is 22.7. The van der Waals surface area contributed by atoms with Crippen molar-refractivity contribution in [1.82, 2.24) is 24.5 Å². The zero-order valence-corrected chi connectivity index (χ0v) is 20.8. The Bertz CT molecular complexity index is 1420. The molecule has 0 aliphatic carbocycles. The van der Waals surface area contributed by atoms with Crippen LogP contribution in [-0.2, 0) is 11.3 Å². The summed E-state index contributed by atoms with van der Waals surface area (Å²) in [7, 11) is 0. The Morgan fingerprint density at radius 2 is 1.92 bits per heavy atom. The standard InChI is InChI=1S/C26H31F2N7O/c1-15-10-33(11-16(2)29-15)19-8-21(27)24-23(9-19)35(14-20-5-4-6-36-20)32-25(24)31-18-7-22(28)26-30-17(3)12-34(26)13-18/h7-9,12-13,15-16,20,29H,4-6,10-11,14H2,1-3H3,(H,31,32)/t15-,16-,20?/m0/s1. The zero-order valence-electron chi connectivity index (χ0n) is 20.8. The Labute approximate surface area is 208 Å². The first-order valence-corrected chi connectivity index (χ1v) is 12.6. The number of pyridine rings is 1. The minimum absolute atomic E-state index is 0.0367. The number of fused-ring (bicyclic) bond motifs is 2. The van der Waals surface area contributed by atoms with Crippen molar-refractivity contribution in [1.29, 1.82) is 0 Å². The number of aromatic nitrogens is 4. The molecule has 0 amide bonds. The van der Waals surface area contributed by atoms with Crippen molar-refractivity contribution < 1.29 is 13.5 Å². The third kappa shape index (κ3) is 4.28. The first kappa shape index (κ1) is 23.2. The molecule has 8 nitrogen and oxygen atoms in total. The summed E-state index contributed by atoms with van der Waals surface area (Å²) in [6, 6.07) is 5.57. The van der Waals surface area contributed by atoms with Crippen molar-refractivity contribution >= 4 is 33.7 Å². The number of hydrogen-bond acceptors (Lipinski definition) is 6. The first-order chi connectivity index (χ1) is 17.3. The quantitative estimate of drug-likeness (QED) is 0.428. The number of halogens is 2. The van der Waals surface area contributed by atoms with Crippen LogP contribution >= 0.6 is 0 Å². The zero-order chi connectivity index (χ0) is 25.0. The molecular weight excluding hydrogens is 464 g/mol. The molecular formula is C26H31F2N7O. The van der Waals surface area contributed by atoms with Crippen molar-refractivity contribution in [3.63, 3.8) is 0 Å². The van der Waals surface area contributed by atoms with E-state index in [0.717, 1.165) is 38.2 Å². The van der Waals surface area contributed by atoms with Gasteiger partial charge in [0.05, 0.1) is 34.9 Å². The number of nitrogens with zero attached hydrogens (tertiary/aromatic N) is 5. The van der Waals surface area contributed by atoms with Gasteiger partial charge in [0.2, 0.25) is 0 Å². The van der Waals surface area contributed by atoms with E-state index in [2.05, 4.69) is 34.4 Å². The van der Waals surface area contributed by atoms with E-state index < -0.39 is 5.82 Å². The van der Waals surface area contributed by atoms with Crippen LogP contribution in [-0.4, -0.2) is 57.0 Å². The number of piperazine rings is 1. The fraction of sp³-hybridized carbons (Fsp3) is 0.462. The first-order valence-electron chi connectivity index (χ1n) is 12.6. The van der Waals surface area contributed by atoms with Gasteiger partial charge in [-0.25, -0.2) is 13.8 Å². The lowest BCUT2D eigenvalue weighted by Gasteiger charge is -2.37. The number of nitrogens with one attached hydrogen (secondary N) is 2. The number of benzene rings is 1. The Morgan fingerprint density at radius 1 is 1.11 bits per heavy atom. The molecule has 1 unspecified atom stereocenters. The number of rotatable bonds is 5. The van der Waals surface area contributed by atoms with Gasteiger partial charge >= 0.3 is 0 Å². The van der Waals surface area contributed by atoms with Gasteiger partial charge in [0.1, 0.15) is 5.82 Å². The molecule has 0 bridgehead atoms. The highest BCUT2D eigenvalue weighted by molar-refractivity contribution is 5.94. The van der Waals surface area contributed by atoms with E-state index in [-0.39, 0.29) is 17.6 Å². The van der Waals surface area contributed by atoms with Crippen LogP contribution < -0.4 is 15.5 Å². The Morgan fingerprint density at radius 3 is 2.67 bits per heavy atom. The fourth-order valence-electron chi connectivity index (χ4n) is 5.55. The molecule has 3 aromatic heterocycles. The molecule has 190 valence electrons. The predicted molar refractivity (Wildman–Crippen MR) is 136 cm³/mol. The summed E-state index contributed by atoms with van der Waals surface area (Å²) in [4.78, 5) is 6.43. The van der Waals surface area contributed by atoms with E-state index >= 15 is 4.39 Å². The van der Waals surface area contributed by atoms with Crippen LogP contribution in [0.4, 0.5) is 26.0 Å². The summed E-state index contributed by atoms with van der Waals surface area (Å²) < 4.78 is 39.8. The van der Waals surface area contributed by atoms with E-state index in [1.807, 2.05) is 17.7 Å². The largest absolute Gasteiger partial charge is 0.376 e. The maximum atomic E-state index is 15.8. The van der Waals surface area contributed by atoms with Crippen molar-refractivity contribution in [2.24, 2.45) is 0 Å². The van der Waals surface area contributed by atoms with Crippen LogP contribution in [0.3, 0.4) is 0 Å². The SMILES string of the molecule is Cc1cn2cc(Nc3nn(CC4CCCO4)c4cc(N5C[C@H](C)N[C@@H](C)C5)cc(F)c34)cc(F)c2n1. The van der Waals surface area contributed by atoms with Gasteiger partial charge in [0, 0.05) is 55.9 Å². The maximum absolute atomic E-state index is 15.8. The van der Waals surface area contributed by atoms with Crippen LogP contribution in [0.25, 0.3) is 16.6 Å². The van der Waals surface area contributed by atoms with Gasteiger partial charge in [0.25, 0.3) is 0 Å². The molecule has 2 N–H and O–H groups in total. The van der Waals surface area contributed by atoms with E-state index in [1.165, 1.54) is 6.07 Å². The number of ether oxygens (including phenoxy) is 1.